The lowest BCUT2D eigenvalue weighted by atomic mass is 10.0. The lowest BCUT2D eigenvalue weighted by Gasteiger charge is -2.07. The topological polar surface area (TPSA) is 42.0 Å². The van der Waals surface area contributed by atoms with Crippen molar-refractivity contribution in [2.75, 3.05) is 5.32 Å². The zero-order valence-corrected chi connectivity index (χ0v) is 14.5. The Labute approximate surface area is 150 Å². The number of rotatable bonds is 3. The molecule has 3 aromatic carbocycles. The summed E-state index contributed by atoms with van der Waals surface area (Å²) in [6, 6.07) is 23.6. The number of hydrogen-bond donors (Lipinski definition) is 1. The maximum Gasteiger partial charge on any atom is 0.255 e. The summed E-state index contributed by atoms with van der Waals surface area (Å²) < 4.78 is 1.13. The van der Waals surface area contributed by atoms with Crippen LogP contribution in [-0.2, 0) is 0 Å². The molecule has 0 saturated carbocycles. The molecule has 0 aliphatic rings. The Bertz CT molecular complexity index is 1040. The van der Waals surface area contributed by atoms with Crippen LogP contribution >= 0.6 is 11.3 Å². The van der Waals surface area contributed by atoms with Gasteiger partial charge in [0.05, 0.1) is 15.2 Å². The Kier molecular flexibility index (Phi) is 4.04. The van der Waals surface area contributed by atoms with Gasteiger partial charge >= 0.3 is 0 Å². The molecule has 0 aliphatic carbocycles. The fourth-order valence-electron chi connectivity index (χ4n) is 2.77. The number of thiazole rings is 1. The van der Waals surface area contributed by atoms with Crippen molar-refractivity contribution in [3.8, 4) is 11.1 Å². The summed E-state index contributed by atoms with van der Waals surface area (Å²) in [5.74, 6) is -0.120. The summed E-state index contributed by atoms with van der Waals surface area (Å²) in [6.07, 6.45) is 0. The molecule has 0 unspecified atom stereocenters. The Hall–Kier alpha value is -2.98. The van der Waals surface area contributed by atoms with E-state index in [4.69, 9.17) is 0 Å². The second-order valence-electron chi connectivity index (χ2n) is 5.81. The average Bonchev–Trinajstić information content (AvgIpc) is 3.02. The first-order valence-electron chi connectivity index (χ1n) is 8.03. The second-order valence-corrected chi connectivity index (χ2v) is 7.05. The van der Waals surface area contributed by atoms with Crippen LogP contribution in [0, 0.1) is 6.92 Å². The molecule has 3 nitrogen and oxygen atoms in total. The predicted molar refractivity (Wildman–Crippen MR) is 104 cm³/mol. The summed E-state index contributed by atoms with van der Waals surface area (Å²) in [5, 5.41) is 3.97. The van der Waals surface area contributed by atoms with Gasteiger partial charge in [-0.25, -0.2) is 4.98 Å². The molecule has 4 rings (SSSR count). The van der Waals surface area contributed by atoms with Gasteiger partial charge < -0.3 is 5.32 Å². The van der Waals surface area contributed by atoms with Crippen LogP contribution in [0.25, 0.3) is 21.3 Å². The fraction of sp³-hybridized carbons (Fsp3) is 0.0476. The number of anilines is 1. The number of aromatic nitrogens is 1. The predicted octanol–water partition coefficient (Wildman–Crippen LogP) is 5.52. The number of nitrogens with zero attached hydrogens (tertiary/aromatic N) is 1. The first-order valence-corrected chi connectivity index (χ1v) is 8.85. The number of benzene rings is 3. The SMILES string of the molecule is Cc1nc2cc(NC(=O)c3ccc(-c4ccccc4)cc3)ccc2s1. The molecule has 0 fully saturated rings. The van der Waals surface area contributed by atoms with Gasteiger partial charge in [0.25, 0.3) is 5.91 Å². The highest BCUT2D eigenvalue weighted by Crippen LogP contribution is 2.25. The normalized spacial score (nSPS) is 10.8. The minimum Gasteiger partial charge on any atom is -0.322 e. The Morgan fingerprint density at radius 1 is 0.920 bits per heavy atom. The van der Waals surface area contributed by atoms with Gasteiger partial charge in [-0.05, 0) is 48.4 Å². The highest BCUT2D eigenvalue weighted by atomic mass is 32.1. The van der Waals surface area contributed by atoms with Gasteiger partial charge in [-0.15, -0.1) is 11.3 Å². The van der Waals surface area contributed by atoms with E-state index in [1.807, 2.05) is 67.6 Å². The summed E-state index contributed by atoms with van der Waals surface area (Å²) in [6.45, 7) is 1.98. The second kappa shape index (κ2) is 6.49. The molecule has 0 atom stereocenters. The Balaban J connectivity index is 1.53. The maximum absolute atomic E-state index is 12.5. The lowest BCUT2D eigenvalue weighted by Crippen LogP contribution is -2.11. The third kappa shape index (κ3) is 3.30. The number of nitrogens with one attached hydrogen (secondary N) is 1. The van der Waals surface area contributed by atoms with Crippen LogP contribution < -0.4 is 5.32 Å². The third-order valence-corrected chi connectivity index (χ3v) is 4.96. The molecule has 1 amide bonds. The number of carbonyl (C=O) groups excluding carboxylic acids is 1. The molecule has 25 heavy (non-hydrogen) atoms. The summed E-state index contributed by atoms with van der Waals surface area (Å²) >= 11 is 1.65. The highest BCUT2D eigenvalue weighted by Gasteiger charge is 2.08. The smallest absolute Gasteiger partial charge is 0.255 e. The molecule has 1 heterocycles. The summed E-state index contributed by atoms with van der Waals surface area (Å²) in [4.78, 5) is 16.9. The molecule has 0 spiro atoms. The van der Waals surface area contributed by atoms with Crippen molar-refractivity contribution in [2.24, 2.45) is 0 Å². The van der Waals surface area contributed by atoms with E-state index in [0.717, 1.165) is 32.0 Å². The molecular formula is C21H16N2OS. The van der Waals surface area contributed by atoms with Crippen molar-refractivity contribution in [1.29, 1.82) is 0 Å². The summed E-state index contributed by atoms with van der Waals surface area (Å²) in [5.41, 5.74) is 4.54. The molecule has 4 heteroatoms. The van der Waals surface area contributed by atoms with Gasteiger partial charge in [-0.1, -0.05) is 42.5 Å². The monoisotopic (exact) mass is 344 g/mol. The van der Waals surface area contributed by atoms with Crippen molar-refractivity contribution >= 4 is 33.1 Å². The first-order chi connectivity index (χ1) is 12.2. The Morgan fingerprint density at radius 2 is 1.64 bits per heavy atom. The Morgan fingerprint density at radius 3 is 2.40 bits per heavy atom. The zero-order valence-electron chi connectivity index (χ0n) is 13.7. The molecule has 0 bridgehead atoms. The molecule has 122 valence electrons. The van der Waals surface area contributed by atoms with Crippen LogP contribution in [0.5, 0.6) is 0 Å². The van der Waals surface area contributed by atoms with E-state index in [-0.39, 0.29) is 5.91 Å². The standard InChI is InChI=1S/C21H16N2OS/c1-14-22-19-13-18(11-12-20(19)25-14)23-21(24)17-9-7-16(8-10-17)15-5-3-2-4-6-15/h2-13H,1H3,(H,23,24). The van der Waals surface area contributed by atoms with E-state index in [1.54, 1.807) is 11.3 Å². The highest BCUT2D eigenvalue weighted by molar-refractivity contribution is 7.18. The van der Waals surface area contributed by atoms with Crippen LogP contribution in [0.4, 0.5) is 5.69 Å². The molecule has 0 aliphatic heterocycles. The first kappa shape index (κ1) is 15.5. The van der Waals surface area contributed by atoms with Gasteiger partial charge in [0.2, 0.25) is 0 Å². The van der Waals surface area contributed by atoms with Crippen molar-refractivity contribution in [3.05, 3.63) is 83.4 Å². The van der Waals surface area contributed by atoms with E-state index in [2.05, 4.69) is 22.4 Å². The quantitative estimate of drug-likeness (QED) is 0.531. The third-order valence-electron chi connectivity index (χ3n) is 4.01. The molecule has 0 saturated heterocycles. The van der Waals surface area contributed by atoms with Gasteiger partial charge in [0, 0.05) is 11.3 Å². The van der Waals surface area contributed by atoms with Crippen LogP contribution in [0.2, 0.25) is 0 Å². The van der Waals surface area contributed by atoms with E-state index in [9.17, 15) is 4.79 Å². The van der Waals surface area contributed by atoms with Gasteiger partial charge in [-0.2, -0.15) is 0 Å². The molecule has 0 radical (unpaired) electrons. The number of amides is 1. The zero-order chi connectivity index (χ0) is 17.2. The minimum absolute atomic E-state index is 0.120. The number of aryl methyl sites for hydroxylation is 1. The molecule has 4 aromatic rings. The van der Waals surface area contributed by atoms with Crippen LogP contribution in [-0.4, -0.2) is 10.9 Å². The molecule has 1 N–H and O–H groups in total. The molecular weight excluding hydrogens is 328 g/mol. The van der Waals surface area contributed by atoms with Crippen LogP contribution in [0.15, 0.2) is 72.8 Å². The van der Waals surface area contributed by atoms with Gasteiger partial charge in [0.15, 0.2) is 0 Å². The average molecular weight is 344 g/mol. The number of hydrogen-bond acceptors (Lipinski definition) is 3. The van der Waals surface area contributed by atoms with Crippen molar-refractivity contribution < 1.29 is 4.79 Å². The largest absolute Gasteiger partial charge is 0.322 e. The van der Waals surface area contributed by atoms with Crippen LogP contribution in [0.3, 0.4) is 0 Å². The van der Waals surface area contributed by atoms with E-state index in [1.165, 1.54) is 0 Å². The van der Waals surface area contributed by atoms with Gasteiger partial charge in [0.1, 0.15) is 0 Å². The van der Waals surface area contributed by atoms with Crippen LogP contribution in [0.1, 0.15) is 15.4 Å². The van der Waals surface area contributed by atoms with Crippen molar-refractivity contribution in [3.63, 3.8) is 0 Å². The van der Waals surface area contributed by atoms with E-state index >= 15 is 0 Å². The van der Waals surface area contributed by atoms with E-state index < -0.39 is 0 Å². The van der Waals surface area contributed by atoms with E-state index in [0.29, 0.717) is 5.56 Å². The van der Waals surface area contributed by atoms with Crippen molar-refractivity contribution in [2.45, 2.75) is 6.92 Å². The minimum atomic E-state index is -0.120. The number of carbonyl (C=O) groups is 1. The van der Waals surface area contributed by atoms with Crippen molar-refractivity contribution in [1.82, 2.24) is 4.98 Å². The summed E-state index contributed by atoms with van der Waals surface area (Å²) in [7, 11) is 0. The lowest BCUT2D eigenvalue weighted by molar-refractivity contribution is 0.102. The maximum atomic E-state index is 12.5. The van der Waals surface area contributed by atoms with Gasteiger partial charge in [-0.3, -0.25) is 4.79 Å². The molecule has 1 aromatic heterocycles. The fourth-order valence-corrected chi connectivity index (χ4v) is 3.58. The number of fused-ring (bicyclic) bond motifs is 1.